The van der Waals surface area contributed by atoms with Gasteiger partial charge in [0.05, 0.1) is 0 Å². The van der Waals surface area contributed by atoms with Gasteiger partial charge in [-0.25, -0.2) is 0 Å². The minimum Gasteiger partial charge on any atom is -1.00 e. The number of aryl methyl sites for hydroxylation is 1. The van der Waals surface area contributed by atoms with Crippen LogP contribution in [-0.4, -0.2) is 5.11 Å². The van der Waals surface area contributed by atoms with Crippen LogP contribution in [0.2, 0.25) is 0 Å². The van der Waals surface area contributed by atoms with Gasteiger partial charge in [0.1, 0.15) is 11.7 Å². The van der Waals surface area contributed by atoms with Crippen LogP contribution in [-0.2, 0) is 12.6 Å². The van der Waals surface area contributed by atoms with Gasteiger partial charge in [-0.2, -0.15) is 4.57 Å². The quantitative estimate of drug-likeness (QED) is 0.478. The Bertz CT molecular complexity index is 722. The molecule has 0 spiro atoms. The number of aliphatic hydroxyl groups is 1. The van der Waals surface area contributed by atoms with Gasteiger partial charge in [0.15, 0.2) is 5.60 Å². The lowest BCUT2D eigenvalue weighted by atomic mass is 9.97. The number of aromatic nitrogens is 1. The summed E-state index contributed by atoms with van der Waals surface area (Å²) in [7, 11) is 2.01. The highest BCUT2D eigenvalue weighted by Crippen LogP contribution is 2.33. The molecule has 0 aliphatic rings. The van der Waals surface area contributed by atoms with E-state index in [1.807, 2.05) is 56.4 Å². The van der Waals surface area contributed by atoms with E-state index in [1.54, 1.807) is 11.3 Å². The van der Waals surface area contributed by atoms with Gasteiger partial charge < -0.3 is 29.1 Å². The fraction of sp³-hybridized carbons (Fsp3) is 0.188. The van der Waals surface area contributed by atoms with Crippen molar-refractivity contribution in [2.45, 2.75) is 12.5 Å². The second-order valence-corrected chi connectivity index (χ2v) is 5.90. The number of hydrogen-bond donors (Lipinski definition) is 1. The fourth-order valence-electron chi connectivity index (χ4n) is 2.41. The number of thiazole rings is 1. The van der Waals surface area contributed by atoms with E-state index in [0.717, 1.165) is 16.1 Å². The van der Waals surface area contributed by atoms with Gasteiger partial charge in [0, 0.05) is 6.07 Å². The lowest BCUT2D eigenvalue weighted by Crippen LogP contribution is -3.00. The van der Waals surface area contributed by atoms with Crippen molar-refractivity contribution < 1.29 is 33.7 Å². The third kappa shape index (κ3) is 2.47. The summed E-state index contributed by atoms with van der Waals surface area (Å²) in [6.45, 7) is 1.85. The lowest BCUT2D eigenvalue weighted by Gasteiger charge is -2.18. The van der Waals surface area contributed by atoms with Crippen LogP contribution in [0.4, 0.5) is 0 Å². The Morgan fingerprint density at radius 3 is 2.25 bits per heavy atom. The number of rotatable bonds is 2. The number of para-hydroxylation sites is 1. The lowest BCUT2D eigenvalue weighted by molar-refractivity contribution is -0.654. The van der Waals surface area contributed by atoms with E-state index >= 15 is 0 Å². The number of benzene rings is 2. The van der Waals surface area contributed by atoms with Gasteiger partial charge in [-0.3, -0.25) is 0 Å². The predicted octanol–water partition coefficient (Wildman–Crippen LogP) is -0.0144. The maximum Gasteiger partial charge on any atom is 0.274 e. The molecule has 0 aliphatic heterocycles. The van der Waals surface area contributed by atoms with E-state index in [-0.39, 0.29) is 24.0 Å². The van der Waals surface area contributed by atoms with Gasteiger partial charge in [0.25, 0.3) is 5.01 Å². The average Bonchev–Trinajstić information content (AvgIpc) is 2.78. The Morgan fingerprint density at radius 1 is 1.00 bits per heavy atom. The molecule has 0 bridgehead atoms. The SMILES string of the molecule is C[n+]1c(C(C)(O)c2ccccc2)sc2ccccc21.[I-]. The predicted molar refractivity (Wildman–Crippen MR) is 78.1 cm³/mol. The first-order chi connectivity index (χ1) is 9.10. The van der Waals surface area contributed by atoms with Crippen molar-refractivity contribution in [3.05, 3.63) is 65.2 Å². The molecule has 2 aromatic carbocycles. The van der Waals surface area contributed by atoms with Gasteiger partial charge in [-0.05, 0) is 18.6 Å². The molecule has 0 radical (unpaired) electrons. The summed E-state index contributed by atoms with van der Waals surface area (Å²) in [5.74, 6) is 0. The summed E-state index contributed by atoms with van der Waals surface area (Å²) in [5.41, 5.74) is 1.09. The third-order valence-electron chi connectivity index (χ3n) is 3.49. The van der Waals surface area contributed by atoms with Gasteiger partial charge >= 0.3 is 0 Å². The van der Waals surface area contributed by atoms with Crippen molar-refractivity contribution in [1.29, 1.82) is 0 Å². The van der Waals surface area contributed by atoms with Crippen LogP contribution in [0, 0.1) is 0 Å². The standard InChI is InChI=1S/C16H16NOS.HI/c1-16(18,12-8-4-3-5-9-12)15-17(2)13-10-6-7-11-14(13)19-15;/h3-11,18H,1-2H3;1H/q+1;/p-1. The molecule has 20 heavy (non-hydrogen) atoms. The highest BCUT2D eigenvalue weighted by molar-refractivity contribution is 7.18. The van der Waals surface area contributed by atoms with Crippen LogP contribution < -0.4 is 28.5 Å². The molecule has 1 atom stereocenters. The first kappa shape index (κ1) is 15.4. The molecular formula is C16H16INOS. The van der Waals surface area contributed by atoms with E-state index in [0.29, 0.717) is 0 Å². The monoisotopic (exact) mass is 397 g/mol. The minimum atomic E-state index is -0.973. The summed E-state index contributed by atoms with van der Waals surface area (Å²) < 4.78 is 3.27. The van der Waals surface area contributed by atoms with Crippen LogP contribution in [0.3, 0.4) is 0 Å². The molecular weight excluding hydrogens is 381 g/mol. The zero-order valence-corrected chi connectivity index (χ0v) is 14.4. The summed E-state index contributed by atoms with van der Waals surface area (Å²) >= 11 is 1.64. The van der Waals surface area contributed by atoms with E-state index in [4.69, 9.17) is 0 Å². The topological polar surface area (TPSA) is 24.1 Å². The summed E-state index contributed by atoms with van der Waals surface area (Å²) in [4.78, 5) is 0. The maximum atomic E-state index is 10.9. The zero-order chi connectivity index (χ0) is 13.5. The van der Waals surface area contributed by atoms with Crippen molar-refractivity contribution in [1.82, 2.24) is 0 Å². The van der Waals surface area contributed by atoms with Crippen molar-refractivity contribution in [2.24, 2.45) is 7.05 Å². The second-order valence-electron chi connectivity index (χ2n) is 4.87. The molecule has 0 saturated carbocycles. The largest absolute Gasteiger partial charge is 1.00 e. The molecule has 3 rings (SSSR count). The maximum absolute atomic E-state index is 10.9. The van der Waals surface area contributed by atoms with Crippen molar-refractivity contribution in [2.75, 3.05) is 0 Å². The number of halogens is 1. The van der Waals surface area contributed by atoms with Gasteiger partial charge in [-0.1, -0.05) is 53.8 Å². The van der Waals surface area contributed by atoms with Crippen molar-refractivity contribution in [3.63, 3.8) is 0 Å². The fourth-order valence-corrected chi connectivity index (χ4v) is 3.63. The molecule has 0 amide bonds. The molecule has 4 heteroatoms. The van der Waals surface area contributed by atoms with Crippen molar-refractivity contribution >= 4 is 21.6 Å². The summed E-state index contributed by atoms with van der Waals surface area (Å²) in [6, 6.07) is 18.0. The second kappa shape index (κ2) is 5.79. The smallest absolute Gasteiger partial charge is 0.274 e. The number of hydrogen-bond acceptors (Lipinski definition) is 2. The highest BCUT2D eigenvalue weighted by atomic mass is 127. The molecule has 3 aromatic rings. The van der Waals surface area contributed by atoms with Gasteiger partial charge in [-0.15, -0.1) is 0 Å². The van der Waals surface area contributed by atoms with E-state index in [1.165, 1.54) is 4.70 Å². The molecule has 1 N–H and O–H groups in total. The number of nitrogens with zero attached hydrogens (tertiary/aromatic N) is 1. The van der Waals surface area contributed by atoms with E-state index < -0.39 is 5.60 Å². The number of fused-ring (bicyclic) bond motifs is 1. The first-order valence-corrected chi connectivity index (χ1v) is 7.08. The molecule has 1 aromatic heterocycles. The molecule has 0 saturated heterocycles. The molecule has 0 aliphatic carbocycles. The summed E-state index contributed by atoms with van der Waals surface area (Å²) in [6.07, 6.45) is 0. The molecule has 104 valence electrons. The molecule has 1 unspecified atom stereocenters. The molecule has 0 fully saturated rings. The van der Waals surface area contributed by atoms with Crippen LogP contribution in [0.15, 0.2) is 54.6 Å². The molecule has 1 heterocycles. The Hall–Kier alpha value is -0.980. The normalized spacial score (nSPS) is 13.8. The van der Waals surface area contributed by atoms with Crippen LogP contribution in [0.25, 0.3) is 10.2 Å². The van der Waals surface area contributed by atoms with Gasteiger partial charge in [0.2, 0.25) is 5.52 Å². The summed E-state index contributed by atoms with van der Waals surface area (Å²) in [5, 5.41) is 11.9. The van der Waals surface area contributed by atoms with E-state index in [2.05, 4.69) is 16.7 Å². The third-order valence-corrected chi connectivity index (χ3v) is 4.92. The van der Waals surface area contributed by atoms with Crippen LogP contribution >= 0.6 is 11.3 Å². The Morgan fingerprint density at radius 2 is 1.60 bits per heavy atom. The average molecular weight is 397 g/mol. The molecule has 2 nitrogen and oxygen atoms in total. The Labute approximate surface area is 139 Å². The van der Waals surface area contributed by atoms with Crippen molar-refractivity contribution in [3.8, 4) is 0 Å². The zero-order valence-electron chi connectivity index (χ0n) is 11.4. The Kier molecular flexibility index (Phi) is 4.46. The minimum absolute atomic E-state index is 0. The van der Waals surface area contributed by atoms with Crippen LogP contribution in [0.5, 0.6) is 0 Å². The van der Waals surface area contributed by atoms with Crippen LogP contribution in [0.1, 0.15) is 17.5 Å². The first-order valence-electron chi connectivity index (χ1n) is 6.26. The highest BCUT2D eigenvalue weighted by Gasteiger charge is 2.36. The van der Waals surface area contributed by atoms with E-state index in [9.17, 15) is 5.11 Å². The Balaban J connectivity index is 0.00000147.